The monoisotopic (exact) mass is 473 g/mol. The Morgan fingerprint density at radius 3 is 2.33 bits per heavy atom. The molecule has 30 heavy (non-hydrogen) atoms. The Morgan fingerprint density at radius 2 is 1.70 bits per heavy atom. The Kier molecular flexibility index (Phi) is 6.06. The van der Waals surface area contributed by atoms with Gasteiger partial charge in [0, 0.05) is 61.7 Å². The summed E-state index contributed by atoms with van der Waals surface area (Å²) in [5.41, 5.74) is 1.40. The van der Waals surface area contributed by atoms with E-state index in [2.05, 4.69) is 20.8 Å². The van der Waals surface area contributed by atoms with E-state index in [-0.39, 0.29) is 16.5 Å². The molecule has 0 atom stereocenters. The number of rotatable bonds is 4. The second kappa shape index (κ2) is 8.73. The number of hydrogen-bond acceptors (Lipinski definition) is 5. The summed E-state index contributed by atoms with van der Waals surface area (Å²) >= 11 is 3.48. The normalized spacial score (nSPS) is 18.8. The van der Waals surface area contributed by atoms with Crippen molar-refractivity contribution in [3.05, 3.63) is 68.7 Å². The van der Waals surface area contributed by atoms with Crippen LogP contribution in [0.15, 0.2) is 53.0 Å². The first-order valence-corrected chi connectivity index (χ1v) is 10.9. The zero-order valence-corrected chi connectivity index (χ0v) is 18.2. The third-order valence-corrected chi connectivity index (χ3v) is 6.65. The molecule has 0 N–H and O–H groups in total. The van der Waals surface area contributed by atoms with Gasteiger partial charge in [0.2, 0.25) is 5.91 Å². The van der Waals surface area contributed by atoms with Gasteiger partial charge in [-0.2, -0.15) is 0 Å². The van der Waals surface area contributed by atoms with Crippen molar-refractivity contribution in [2.45, 2.75) is 18.3 Å². The molecule has 2 aromatic carbocycles. The van der Waals surface area contributed by atoms with E-state index in [0.717, 1.165) is 15.7 Å². The lowest BCUT2D eigenvalue weighted by Gasteiger charge is -2.43. The van der Waals surface area contributed by atoms with Gasteiger partial charge < -0.3 is 14.5 Å². The van der Waals surface area contributed by atoms with Crippen molar-refractivity contribution in [3.8, 4) is 0 Å². The molecule has 2 aliphatic heterocycles. The summed E-state index contributed by atoms with van der Waals surface area (Å²) in [5, 5.41) is 11.1. The molecule has 2 fully saturated rings. The van der Waals surface area contributed by atoms with E-state index in [9.17, 15) is 14.9 Å². The number of non-ortho nitro benzene ring substituents is 1. The van der Waals surface area contributed by atoms with Crippen molar-refractivity contribution in [1.82, 2.24) is 4.90 Å². The van der Waals surface area contributed by atoms with Gasteiger partial charge in [0.05, 0.1) is 10.3 Å². The molecule has 0 spiro atoms. The second-order valence-corrected chi connectivity index (χ2v) is 8.67. The van der Waals surface area contributed by atoms with E-state index in [0.29, 0.717) is 52.2 Å². The molecule has 0 unspecified atom stereocenters. The number of nitro benzene ring substituents is 1. The third-order valence-electron chi connectivity index (χ3n) is 6.13. The summed E-state index contributed by atoms with van der Waals surface area (Å²) < 4.78 is 6.56. The maximum Gasteiger partial charge on any atom is 0.271 e. The minimum atomic E-state index is -0.549. The van der Waals surface area contributed by atoms with Gasteiger partial charge in [-0.05, 0) is 36.6 Å². The lowest BCUT2D eigenvalue weighted by Crippen LogP contribution is -2.56. The third kappa shape index (κ3) is 4.06. The molecule has 0 saturated carbocycles. The lowest BCUT2D eigenvalue weighted by atomic mass is 9.73. The zero-order valence-electron chi connectivity index (χ0n) is 16.6. The summed E-state index contributed by atoms with van der Waals surface area (Å²) in [4.78, 5) is 28.4. The summed E-state index contributed by atoms with van der Waals surface area (Å²) in [7, 11) is 0. The van der Waals surface area contributed by atoms with Gasteiger partial charge in [-0.3, -0.25) is 14.9 Å². The van der Waals surface area contributed by atoms with Crippen LogP contribution in [0.5, 0.6) is 0 Å². The fourth-order valence-electron chi connectivity index (χ4n) is 4.39. The number of carbonyl (C=O) groups excluding carboxylic acids is 1. The number of hydrogen-bond donors (Lipinski definition) is 0. The molecule has 158 valence electrons. The number of amides is 1. The zero-order chi connectivity index (χ0) is 21.1. The molecule has 1 amide bonds. The van der Waals surface area contributed by atoms with Crippen LogP contribution in [0.3, 0.4) is 0 Å². The molecular weight excluding hydrogens is 450 g/mol. The number of halogens is 1. The largest absolute Gasteiger partial charge is 0.381 e. The van der Waals surface area contributed by atoms with Crippen molar-refractivity contribution in [2.24, 2.45) is 0 Å². The Balaban J connectivity index is 1.50. The number of benzene rings is 2. The van der Waals surface area contributed by atoms with Gasteiger partial charge in [0.1, 0.15) is 0 Å². The van der Waals surface area contributed by atoms with E-state index >= 15 is 0 Å². The number of piperazine rings is 1. The number of nitro groups is 1. The van der Waals surface area contributed by atoms with Crippen LogP contribution in [-0.2, 0) is 14.9 Å². The van der Waals surface area contributed by atoms with Gasteiger partial charge in [-0.25, -0.2) is 0 Å². The van der Waals surface area contributed by atoms with Crippen molar-refractivity contribution in [3.63, 3.8) is 0 Å². The van der Waals surface area contributed by atoms with Crippen molar-refractivity contribution in [2.75, 3.05) is 44.3 Å². The van der Waals surface area contributed by atoms with Crippen molar-refractivity contribution >= 4 is 33.2 Å². The second-order valence-electron chi connectivity index (χ2n) is 7.76. The van der Waals surface area contributed by atoms with Crippen LogP contribution in [-0.4, -0.2) is 55.1 Å². The van der Waals surface area contributed by atoms with E-state index in [1.54, 1.807) is 12.1 Å². The maximum absolute atomic E-state index is 13.7. The first-order chi connectivity index (χ1) is 14.5. The highest BCUT2D eigenvalue weighted by atomic mass is 79.9. The first-order valence-electron chi connectivity index (χ1n) is 10.1. The Morgan fingerprint density at radius 1 is 1.03 bits per heavy atom. The van der Waals surface area contributed by atoms with Gasteiger partial charge in [0.15, 0.2) is 0 Å². The lowest BCUT2D eigenvalue weighted by molar-refractivity contribution is -0.384. The summed E-state index contributed by atoms with van der Waals surface area (Å²) in [6.07, 6.45) is 1.36. The number of carbonyl (C=O) groups is 1. The average molecular weight is 474 g/mol. The van der Waals surface area contributed by atoms with E-state index < -0.39 is 5.41 Å². The van der Waals surface area contributed by atoms with Crippen molar-refractivity contribution in [1.29, 1.82) is 0 Å². The molecular formula is C22H24BrN3O4. The first kappa shape index (κ1) is 20.8. The van der Waals surface area contributed by atoms with Crippen LogP contribution in [0.4, 0.5) is 11.4 Å². The Bertz CT molecular complexity index is 920. The standard InChI is InChI=1S/C22H24BrN3O4/c23-18-6-4-17(5-7-18)22(8-14-30-15-9-22)21(27)25-12-10-24(11-13-25)19-2-1-3-20(16-19)26(28)29/h1-7,16H,8-15H2. The Hall–Kier alpha value is -2.45. The highest BCUT2D eigenvalue weighted by molar-refractivity contribution is 9.10. The molecule has 7 nitrogen and oxygen atoms in total. The molecule has 2 aromatic rings. The molecule has 2 saturated heterocycles. The predicted molar refractivity (Wildman–Crippen MR) is 118 cm³/mol. The van der Waals surface area contributed by atoms with Gasteiger partial charge in [0.25, 0.3) is 5.69 Å². The summed E-state index contributed by atoms with van der Waals surface area (Å²) in [6, 6.07) is 14.7. The molecule has 4 rings (SSSR count). The molecule has 0 aliphatic carbocycles. The van der Waals surface area contributed by atoms with Crippen LogP contribution < -0.4 is 4.90 Å². The number of ether oxygens (including phenoxy) is 1. The van der Waals surface area contributed by atoms with Crippen LogP contribution in [0.1, 0.15) is 18.4 Å². The smallest absolute Gasteiger partial charge is 0.271 e. The number of nitrogens with zero attached hydrogens (tertiary/aromatic N) is 3. The molecule has 0 bridgehead atoms. The molecule has 2 aliphatic rings. The summed E-state index contributed by atoms with van der Waals surface area (Å²) in [5.74, 6) is 0.159. The molecule has 0 aromatic heterocycles. The predicted octanol–water partition coefficient (Wildman–Crippen LogP) is 3.75. The van der Waals surface area contributed by atoms with Gasteiger partial charge >= 0.3 is 0 Å². The fraction of sp³-hybridized carbons (Fsp3) is 0.409. The highest BCUT2D eigenvalue weighted by Crippen LogP contribution is 2.38. The van der Waals surface area contributed by atoms with Crippen LogP contribution in [0, 0.1) is 10.1 Å². The highest BCUT2D eigenvalue weighted by Gasteiger charge is 2.44. The van der Waals surface area contributed by atoms with E-state index in [1.165, 1.54) is 6.07 Å². The molecule has 8 heteroatoms. The van der Waals surface area contributed by atoms with Crippen molar-refractivity contribution < 1.29 is 14.5 Å². The maximum atomic E-state index is 13.7. The minimum Gasteiger partial charge on any atom is -0.381 e. The molecule has 2 heterocycles. The minimum absolute atomic E-state index is 0.0856. The topological polar surface area (TPSA) is 75.9 Å². The SMILES string of the molecule is O=C(N1CCN(c2cccc([N+](=O)[O-])c2)CC1)C1(c2ccc(Br)cc2)CCOCC1. The van der Waals surface area contributed by atoms with E-state index in [4.69, 9.17) is 4.74 Å². The van der Waals surface area contributed by atoms with Crippen LogP contribution in [0.25, 0.3) is 0 Å². The summed E-state index contributed by atoms with van der Waals surface area (Å²) in [6.45, 7) is 3.66. The Labute approximate surface area is 183 Å². The fourth-order valence-corrected chi connectivity index (χ4v) is 4.65. The quantitative estimate of drug-likeness (QED) is 0.499. The van der Waals surface area contributed by atoms with E-state index in [1.807, 2.05) is 35.2 Å². The molecule has 0 radical (unpaired) electrons. The van der Waals surface area contributed by atoms with Crippen LogP contribution >= 0.6 is 15.9 Å². The average Bonchev–Trinajstić information content (AvgIpc) is 2.79. The van der Waals surface area contributed by atoms with Crippen LogP contribution in [0.2, 0.25) is 0 Å². The van der Waals surface area contributed by atoms with Gasteiger partial charge in [-0.15, -0.1) is 0 Å². The van der Waals surface area contributed by atoms with Gasteiger partial charge in [-0.1, -0.05) is 34.1 Å². The number of anilines is 1.